The van der Waals surface area contributed by atoms with Gasteiger partial charge in [-0.3, -0.25) is 4.90 Å². The summed E-state index contributed by atoms with van der Waals surface area (Å²) in [6.07, 6.45) is 11.4. The monoisotopic (exact) mass is 419 g/mol. The second-order valence-electron chi connectivity index (χ2n) is 9.11. The minimum Gasteiger partial charge on any atom is -0.324 e. The molecule has 3 heterocycles. The molecule has 3 aromatic rings. The summed E-state index contributed by atoms with van der Waals surface area (Å²) in [5.41, 5.74) is 3.30. The van der Waals surface area contributed by atoms with E-state index in [0.29, 0.717) is 12.0 Å². The Morgan fingerprint density at radius 1 is 0.935 bits per heavy atom. The lowest BCUT2D eigenvalue weighted by atomic mass is 10.1. The van der Waals surface area contributed by atoms with Gasteiger partial charge in [0, 0.05) is 44.6 Å². The Kier molecular flexibility index (Phi) is 6.13. The van der Waals surface area contributed by atoms with Crippen molar-refractivity contribution in [2.24, 2.45) is 0 Å². The summed E-state index contributed by atoms with van der Waals surface area (Å²) in [5.74, 6) is 0.634. The molecule has 1 saturated heterocycles. The van der Waals surface area contributed by atoms with Gasteiger partial charge in [0.1, 0.15) is 0 Å². The standard InChI is InChI=1S/C24H33N7/c1-29-12-14-30(15-13-29)18-19-8-10-21(11-9-19)27-24-25-16-20-17-26-31(23(20)28-24)22-6-4-2-3-5-7-22/h8-11,16-17,22H,2-7,12-15,18H2,1H3,(H,25,27,28). The zero-order chi connectivity index (χ0) is 21.0. The second-order valence-corrected chi connectivity index (χ2v) is 9.11. The number of piperazine rings is 1. The van der Waals surface area contributed by atoms with Gasteiger partial charge in [-0.05, 0) is 37.6 Å². The lowest BCUT2D eigenvalue weighted by molar-refractivity contribution is 0.148. The Bertz CT molecular complexity index is 981. The molecule has 1 saturated carbocycles. The van der Waals surface area contributed by atoms with Gasteiger partial charge in [-0.1, -0.05) is 37.8 Å². The fourth-order valence-corrected chi connectivity index (χ4v) is 4.75. The van der Waals surface area contributed by atoms with E-state index in [1.54, 1.807) is 0 Å². The number of rotatable bonds is 5. The maximum Gasteiger partial charge on any atom is 0.229 e. The predicted octanol–water partition coefficient (Wildman–Crippen LogP) is 4.21. The van der Waals surface area contributed by atoms with E-state index in [1.807, 2.05) is 12.4 Å². The summed E-state index contributed by atoms with van der Waals surface area (Å²) in [6.45, 7) is 5.59. The number of hydrogen-bond acceptors (Lipinski definition) is 6. The van der Waals surface area contributed by atoms with E-state index in [9.17, 15) is 0 Å². The van der Waals surface area contributed by atoms with E-state index >= 15 is 0 Å². The first-order chi connectivity index (χ1) is 15.2. The van der Waals surface area contributed by atoms with Crippen LogP contribution in [0.4, 0.5) is 11.6 Å². The van der Waals surface area contributed by atoms with Crippen LogP contribution in [0.25, 0.3) is 11.0 Å². The molecule has 0 amide bonds. The molecule has 1 aromatic carbocycles. The highest BCUT2D eigenvalue weighted by atomic mass is 15.3. The number of nitrogens with one attached hydrogen (secondary N) is 1. The van der Waals surface area contributed by atoms with Crippen LogP contribution in [0, 0.1) is 0 Å². The quantitative estimate of drug-likeness (QED) is 0.625. The number of hydrogen-bond donors (Lipinski definition) is 1. The van der Waals surface area contributed by atoms with E-state index < -0.39 is 0 Å². The molecule has 0 atom stereocenters. The van der Waals surface area contributed by atoms with Gasteiger partial charge in [-0.15, -0.1) is 0 Å². The van der Waals surface area contributed by atoms with Crippen LogP contribution in [0.15, 0.2) is 36.7 Å². The van der Waals surface area contributed by atoms with Crippen LogP contribution in [0.5, 0.6) is 0 Å². The summed E-state index contributed by atoms with van der Waals surface area (Å²) in [5, 5.41) is 9.05. The SMILES string of the molecule is CN1CCN(Cc2ccc(Nc3ncc4cnn(C5CCCCCC5)c4n3)cc2)CC1. The average Bonchev–Trinajstić information content (AvgIpc) is 3.01. The fourth-order valence-electron chi connectivity index (χ4n) is 4.75. The molecule has 0 unspecified atom stereocenters. The number of benzene rings is 1. The summed E-state index contributed by atoms with van der Waals surface area (Å²) >= 11 is 0. The lowest BCUT2D eigenvalue weighted by Crippen LogP contribution is -2.43. The highest BCUT2D eigenvalue weighted by Crippen LogP contribution is 2.29. The third kappa shape index (κ3) is 4.88. The first-order valence-electron chi connectivity index (χ1n) is 11.7. The van der Waals surface area contributed by atoms with E-state index in [1.165, 1.54) is 44.1 Å². The van der Waals surface area contributed by atoms with Crippen molar-refractivity contribution >= 4 is 22.7 Å². The molecular formula is C24H33N7. The number of fused-ring (bicyclic) bond motifs is 1. The van der Waals surface area contributed by atoms with Gasteiger partial charge >= 0.3 is 0 Å². The van der Waals surface area contributed by atoms with Crippen LogP contribution < -0.4 is 5.32 Å². The molecule has 2 aliphatic rings. The molecule has 0 bridgehead atoms. The minimum atomic E-state index is 0.455. The normalized spacial score (nSPS) is 19.5. The van der Waals surface area contributed by atoms with E-state index in [2.05, 4.69) is 61.2 Å². The first-order valence-corrected chi connectivity index (χ1v) is 11.7. The summed E-state index contributed by atoms with van der Waals surface area (Å²) in [6, 6.07) is 9.11. The highest BCUT2D eigenvalue weighted by molar-refractivity contribution is 5.75. The first kappa shape index (κ1) is 20.4. The summed E-state index contributed by atoms with van der Waals surface area (Å²) in [7, 11) is 2.20. The van der Waals surface area contributed by atoms with Crippen molar-refractivity contribution in [1.29, 1.82) is 0 Å². The van der Waals surface area contributed by atoms with Crippen LogP contribution in [-0.2, 0) is 6.54 Å². The second kappa shape index (κ2) is 9.32. The van der Waals surface area contributed by atoms with Crippen molar-refractivity contribution in [2.45, 2.75) is 51.1 Å². The van der Waals surface area contributed by atoms with Crippen molar-refractivity contribution in [2.75, 3.05) is 38.5 Å². The molecule has 7 nitrogen and oxygen atoms in total. The summed E-state index contributed by atoms with van der Waals surface area (Å²) < 4.78 is 2.13. The third-order valence-electron chi connectivity index (χ3n) is 6.72. The van der Waals surface area contributed by atoms with Gasteiger partial charge in [0.2, 0.25) is 5.95 Å². The molecule has 31 heavy (non-hydrogen) atoms. The van der Waals surface area contributed by atoms with Crippen molar-refractivity contribution < 1.29 is 0 Å². The average molecular weight is 420 g/mol. The molecule has 5 rings (SSSR count). The maximum atomic E-state index is 4.82. The van der Waals surface area contributed by atoms with Gasteiger partial charge in [0.25, 0.3) is 0 Å². The zero-order valence-electron chi connectivity index (χ0n) is 18.5. The zero-order valence-corrected chi connectivity index (χ0v) is 18.5. The largest absolute Gasteiger partial charge is 0.324 e. The number of aromatic nitrogens is 4. The fraction of sp³-hybridized carbons (Fsp3) is 0.542. The Hall–Kier alpha value is -2.51. The van der Waals surface area contributed by atoms with E-state index in [4.69, 9.17) is 4.98 Å². The molecule has 7 heteroatoms. The van der Waals surface area contributed by atoms with Gasteiger partial charge < -0.3 is 10.2 Å². The van der Waals surface area contributed by atoms with Crippen molar-refractivity contribution in [3.05, 3.63) is 42.2 Å². The third-order valence-corrected chi connectivity index (χ3v) is 6.72. The number of anilines is 2. The molecule has 1 aliphatic carbocycles. The molecule has 1 aliphatic heterocycles. The van der Waals surface area contributed by atoms with Crippen molar-refractivity contribution in [1.82, 2.24) is 29.5 Å². The van der Waals surface area contributed by atoms with Crippen LogP contribution in [0.1, 0.15) is 50.1 Å². The number of likely N-dealkylation sites (N-methyl/N-ethyl adjacent to an activating group) is 1. The molecule has 0 radical (unpaired) electrons. The number of nitrogens with zero attached hydrogens (tertiary/aromatic N) is 6. The molecular weight excluding hydrogens is 386 g/mol. The Balaban J connectivity index is 1.27. The topological polar surface area (TPSA) is 62.1 Å². The van der Waals surface area contributed by atoms with Gasteiger partial charge in [0.15, 0.2) is 5.65 Å². The molecule has 0 spiro atoms. The highest BCUT2D eigenvalue weighted by Gasteiger charge is 2.18. The van der Waals surface area contributed by atoms with E-state index in [0.717, 1.165) is 49.4 Å². The predicted molar refractivity (Wildman–Crippen MR) is 125 cm³/mol. The van der Waals surface area contributed by atoms with Gasteiger partial charge in [0.05, 0.1) is 17.6 Å². The maximum absolute atomic E-state index is 4.82. The van der Waals surface area contributed by atoms with Crippen LogP contribution in [0.2, 0.25) is 0 Å². The Morgan fingerprint density at radius 3 is 2.42 bits per heavy atom. The van der Waals surface area contributed by atoms with Gasteiger partial charge in [-0.25, -0.2) is 9.67 Å². The smallest absolute Gasteiger partial charge is 0.229 e. The molecule has 2 aromatic heterocycles. The van der Waals surface area contributed by atoms with Crippen molar-refractivity contribution in [3.8, 4) is 0 Å². The Labute approximate surface area is 184 Å². The van der Waals surface area contributed by atoms with Crippen LogP contribution in [0.3, 0.4) is 0 Å². The Morgan fingerprint density at radius 2 is 1.68 bits per heavy atom. The lowest BCUT2D eigenvalue weighted by Gasteiger charge is -2.32. The van der Waals surface area contributed by atoms with Crippen molar-refractivity contribution in [3.63, 3.8) is 0 Å². The molecule has 2 fully saturated rings. The molecule has 164 valence electrons. The van der Waals surface area contributed by atoms with E-state index in [-0.39, 0.29) is 0 Å². The summed E-state index contributed by atoms with van der Waals surface area (Å²) in [4.78, 5) is 14.3. The van der Waals surface area contributed by atoms with Crippen LogP contribution >= 0.6 is 0 Å². The molecule has 1 N–H and O–H groups in total. The van der Waals surface area contributed by atoms with Crippen LogP contribution in [-0.4, -0.2) is 62.8 Å². The van der Waals surface area contributed by atoms with Gasteiger partial charge in [-0.2, -0.15) is 10.1 Å². The minimum absolute atomic E-state index is 0.455.